The molecule has 0 radical (unpaired) electrons. The maximum atomic E-state index is 12.2. The zero-order valence-corrected chi connectivity index (χ0v) is 15.9. The number of benzene rings is 2. The number of anilines is 1. The maximum absolute atomic E-state index is 12.2. The van der Waals surface area contributed by atoms with Crippen LogP contribution in [0.25, 0.3) is 0 Å². The van der Waals surface area contributed by atoms with Crippen molar-refractivity contribution in [2.75, 3.05) is 5.32 Å². The minimum Gasteiger partial charge on any atom is -0.479 e. The van der Waals surface area contributed by atoms with Crippen molar-refractivity contribution in [2.45, 2.75) is 33.0 Å². The zero-order chi connectivity index (χ0) is 20.0. The molecule has 0 spiro atoms. The number of carbonyl (C=O) groups is 2. The van der Waals surface area contributed by atoms with E-state index in [2.05, 4.69) is 5.32 Å². The van der Waals surface area contributed by atoms with E-state index < -0.39 is 24.1 Å². The highest BCUT2D eigenvalue weighted by atomic mass is 35.5. The zero-order valence-electron chi connectivity index (χ0n) is 15.2. The minimum absolute atomic E-state index is 0.222. The predicted octanol–water partition coefficient (Wildman–Crippen LogP) is 3.86. The van der Waals surface area contributed by atoms with E-state index in [0.29, 0.717) is 17.0 Å². The average Bonchev–Trinajstić information content (AvgIpc) is 2.63. The van der Waals surface area contributed by atoms with Crippen molar-refractivity contribution in [1.29, 1.82) is 5.26 Å². The third kappa shape index (κ3) is 5.73. The fourth-order valence-electron chi connectivity index (χ4n) is 2.12. The number of carbonyl (C=O) groups excluding carboxylic acids is 2. The quantitative estimate of drug-likeness (QED) is 0.761. The first-order valence-electron chi connectivity index (χ1n) is 8.24. The van der Waals surface area contributed by atoms with Gasteiger partial charge in [-0.2, -0.15) is 5.26 Å². The molecule has 2 rings (SSSR count). The van der Waals surface area contributed by atoms with E-state index in [4.69, 9.17) is 26.3 Å². The standard InChI is InChI=1S/C20H19ClN2O4/c1-12-4-8-17(9-5-12)26-14(3)20(25)27-13(2)19(24)23-16-7-6-15(11-22)18(21)10-16/h4-10,13-14H,1-3H3,(H,23,24). The Balaban J connectivity index is 1.90. The third-order valence-corrected chi connectivity index (χ3v) is 4.00. The van der Waals surface area contributed by atoms with Crippen LogP contribution in [0.3, 0.4) is 0 Å². The minimum atomic E-state index is -1.03. The van der Waals surface area contributed by atoms with Gasteiger partial charge in [0.25, 0.3) is 5.91 Å². The largest absolute Gasteiger partial charge is 0.479 e. The Hall–Kier alpha value is -3.04. The third-order valence-electron chi connectivity index (χ3n) is 3.69. The molecule has 0 fully saturated rings. The second-order valence-corrected chi connectivity index (χ2v) is 6.36. The summed E-state index contributed by atoms with van der Waals surface area (Å²) in [7, 11) is 0. The molecule has 2 aromatic rings. The molecular weight excluding hydrogens is 368 g/mol. The molecule has 0 saturated carbocycles. The van der Waals surface area contributed by atoms with Crippen LogP contribution in [0, 0.1) is 18.3 Å². The lowest BCUT2D eigenvalue weighted by Gasteiger charge is -2.18. The van der Waals surface area contributed by atoms with Crippen molar-refractivity contribution >= 4 is 29.2 Å². The number of hydrogen-bond donors (Lipinski definition) is 1. The van der Waals surface area contributed by atoms with E-state index in [-0.39, 0.29) is 5.02 Å². The molecule has 0 aromatic heterocycles. The van der Waals surface area contributed by atoms with Crippen molar-refractivity contribution in [3.63, 3.8) is 0 Å². The monoisotopic (exact) mass is 386 g/mol. The van der Waals surface area contributed by atoms with Gasteiger partial charge in [0.1, 0.15) is 11.8 Å². The Morgan fingerprint density at radius 1 is 1.11 bits per heavy atom. The first kappa shape index (κ1) is 20.3. The number of aryl methyl sites for hydroxylation is 1. The number of nitrogens with zero attached hydrogens (tertiary/aromatic N) is 1. The van der Waals surface area contributed by atoms with Crippen LogP contribution in [-0.4, -0.2) is 24.1 Å². The molecule has 0 bridgehead atoms. The Labute approximate surface area is 162 Å². The van der Waals surface area contributed by atoms with Crippen LogP contribution in [0.2, 0.25) is 5.02 Å². The van der Waals surface area contributed by atoms with Crippen molar-refractivity contribution in [2.24, 2.45) is 0 Å². The molecule has 2 aromatic carbocycles. The summed E-state index contributed by atoms with van der Waals surface area (Å²) in [4.78, 5) is 24.3. The molecule has 0 heterocycles. The fourth-order valence-corrected chi connectivity index (χ4v) is 2.34. The van der Waals surface area contributed by atoms with E-state index in [1.807, 2.05) is 25.1 Å². The molecule has 2 unspecified atom stereocenters. The Morgan fingerprint density at radius 2 is 1.78 bits per heavy atom. The Morgan fingerprint density at radius 3 is 2.37 bits per heavy atom. The van der Waals surface area contributed by atoms with E-state index >= 15 is 0 Å². The number of halogens is 1. The maximum Gasteiger partial charge on any atom is 0.347 e. The number of hydrogen-bond acceptors (Lipinski definition) is 5. The highest BCUT2D eigenvalue weighted by Gasteiger charge is 2.23. The van der Waals surface area contributed by atoms with Crippen LogP contribution < -0.4 is 10.1 Å². The molecule has 6 nitrogen and oxygen atoms in total. The summed E-state index contributed by atoms with van der Waals surface area (Å²) in [5.41, 5.74) is 1.78. The summed E-state index contributed by atoms with van der Waals surface area (Å²) in [6, 6.07) is 13.7. The number of amides is 1. The number of esters is 1. The average molecular weight is 387 g/mol. The lowest BCUT2D eigenvalue weighted by molar-refractivity contribution is -0.159. The second-order valence-electron chi connectivity index (χ2n) is 5.95. The van der Waals surface area contributed by atoms with Gasteiger partial charge in [-0.25, -0.2) is 4.79 Å². The van der Waals surface area contributed by atoms with Gasteiger partial charge in [0.15, 0.2) is 12.2 Å². The highest BCUT2D eigenvalue weighted by Crippen LogP contribution is 2.20. The smallest absolute Gasteiger partial charge is 0.347 e. The van der Waals surface area contributed by atoms with Crippen LogP contribution in [0.5, 0.6) is 5.75 Å². The molecule has 0 aliphatic heterocycles. The number of nitriles is 1. The lowest BCUT2D eigenvalue weighted by Crippen LogP contribution is -2.35. The van der Waals surface area contributed by atoms with E-state index in [1.54, 1.807) is 25.1 Å². The van der Waals surface area contributed by atoms with Gasteiger partial charge in [0.05, 0.1) is 10.6 Å². The molecule has 0 saturated heterocycles. The molecule has 140 valence electrons. The SMILES string of the molecule is Cc1ccc(OC(C)C(=O)OC(C)C(=O)Nc2ccc(C#N)c(Cl)c2)cc1. The summed E-state index contributed by atoms with van der Waals surface area (Å²) in [5.74, 6) is -0.642. The van der Waals surface area contributed by atoms with Crippen LogP contribution >= 0.6 is 11.6 Å². The van der Waals surface area contributed by atoms with E-state index in [0.717, 1.165) is 5.56 Å². The van der Waals surface area contributed by atoms with Crippen LogP contribution in [0.1, 0.15) is 25.0 Å². The van der Waals surface area contributed by atoms with Crippen LogP contribution in [0.15, 0.2) is 42.5 Å². The number of ether oxygens (including phenoxy) is 2. The number of nitrogens with one attached hydrogen (secondary N) is 1. The van der Waals surface area contributed by atoms with Crippen LogP contribution in [0.4, 0.5) is 5.69 Å². The second kappa shape index (κ2) is 9.06. The molecular formula is C20H19ClN2O4. The van der Waals surface area contributed by atoms with Gasteiger partial charge < -0.3 is 14.8 Å². The van der Waals surface area contributed by atoms with Crippen molar-refractivity contribution < 1.29 is 19.1 Å². The summed E-state index contributed by atoms with van der Waals surface area (Å²) < 4.78 is 10.7. The highest BCUT2D eigenvalue weighted by molar-refractivity contribution is 6.32. The first-order chi connectivity index (χ1) is 12.8. The number of rotatable bonds is 6. The van der Waals surface area contributed by atoms with Gasteiger partial charge in [-0.15, -0.1) is 0 Å². The Bertz CT molecular complexity index is 875. The van der Waals surface area contributed by atoms with Gasteiger partial charge >= 0.3 is 5.97 Å². The Kier molecular flexibility index (Phi) is 6.80. The molecule has 2 atom stereocenters. The normalized spacial score (nSPS) is 12.4. The van der Waals surface area contributed by atoms with Crippen molar-refractivity contribution in [3.05, 3.63) is 58.6 Å². The van der Waals surface area contributed by atoms with Gasteiger partial charge in [-0.1, -0.05) is 29.3 Å². The topological polar surface area (TPSA) is 88.4 Å². The van der Waals surface area contributed by atoms with Crippen LogP contribution in [-0.2, 0) is 14.3 Å². The van der Waals surface area contributed by atoms with E-state index in [9.17, 15) is 9.59 Å². The van der Waals surface area contributed by atoms with Gasteiger partial charge in [-0.05, 0) is 51.1 Å². The van der Waals surface area contributed by atoms with E-state index in [1.165, 1.54) is 19.1 Å². The molecule has 0 aliphatic rings. The van der Waals surface area contributed by atoms with Gasteiger partial charge in [0, 0.05) is 5.69 Å². The van der Waals surface area contributed by atoms with Crippen molar-refractivity contribution in [3.8, 4) is 11.8 Å². The summed E-state index contributed by atoms with van der Waals surface area (Å²) in [6.07, 6.45) is -1.90. The summed E-state index contributed by atoms with van der Waals surface area (Å²) in [6.45, 7) is 4.95. The predicted molar refractivity (Wildman–Crippen MR) is 102 cm³/mol. The van der Waals surface area contributed by atoms with Crippen molar-refractivity contribution in [1.82, 2.24) is 0 Å². The summed E-state index contributed by atoms with van der Waals surface area (Å²) >= 11 is 5.93. The summed E-state index contributed by atoms with van der Waals surface area (Å²) in [5, 5.41) is 11.7. The molecule has 1 N–H and O–H groups in total. The molecule has 27 heavy (non-hydrogen) atoms. The fraction of sp³-hybridized carbons (Fsp3) is 0.250. The molecule has 7 heteroatoms. The van der Waals surface area contributed by atoms with Gasteiger partial charge in [0.2, 0.25) is 0 Å². The first-order valence-corrected chi connectivity index (χ1v) is 8.62. The van der Waals surface area contributed by atoms with Gasteiger partial charge in [-0.3, -0.25) is 4.79 Å². The molecule has 1 amide bonds. The molecule has 0 aliphatic carbocycles. The lowest BCUT2D eigenvalue weighted by atomic mass is 10.2.